The molecule has 1 atom stereocenters. The molecule has 1 heterocycles. The highest BCUT2D eigenvalue weighted by atomic mass is 16.2. The minimum Gasteiger partial charge on any atom is -0.354 e. The van der Waals surface area contributed by atoms with Crippen molar-refractivity contribution in [1.82, 2.24) is 10.2 Å². The maximum atomic E-state index is 12.7. The average Bonchev–Trinajstić information content (AvgIpc) is 2.83. The van der Waals surface area contributed by atoms with E-state index < -0.39 is 0 Å². The van der Waals surface area contributed by atoms with Gasteiger partial charge in [0.15, 0.2) is 0 Å². The molecule has 4 nitrogen and oxygen atoms in total. The van der Waals surface area contributed by atoms with Crippen LogP contribution in [0.3, 0.4) is 0 Å². The van der Waals surface area contributed by atoms with Crippen molar-refractivity contribution in [2.45, 2.75) is 32.6 Å². The molecule has 28 heavy (non-hydrogen) atoms. The van der Waals surface area contributed by atoms with E-state index >= 15 is 0 Å². The highest BCUT2D eigenvalue weighted by Gasteiger charge is 2.33. The third kappa shape index (κ3) is 4.11. The van der Waals surface area contributed by atoms with Crippen molar-refractivity contribution in [3.8, 4) is 11.1 Å². The lowest BCUT2D eigenvalue weighted by Crippen LogP contribution is -2.42. The van der Waals surface area contributed by atoms with Gasteiger partial charge in [0.25, 0.3) is 0 Å². The maximum absolute atomic E-state index is 12.7. The molecule has 0 unspecified atom stereocenters. The van der Waals surface area contributed by atoms with Crippen LogP contribution in [-0.4, -0.2) is 36.3 Å². The largest absolute Gasteiger partial charge is 0.354 e. The van der Waals surface area contributed by atoms with Gasteiger partial charge in [0.1, 0.15) is 0 Å². The predicted molar refractivity (Wildman–Crippen MR) is 111 cm³/mol. The van der Waals surface area contributed by atoms with Crippen LogP contribution < -0.4 is 5.32 Å². The second kappa shape index (κ2) is 8.17. The molecule has 0 bridgehead atoms. The molecule has 1 aliphatic carbocycles. The zero-order valence-corrected chi connectivity index (χ0v) is 16.5. The third-order valence-corrected chi connectivity index (χ3v) is 6.05. The zero-order valence-electron chi connectivity index (χ0n) is 16.5. The van der Waals surface area contributed by atoms with E-state index in [1.54, 1.807) is 0 Å². The first-order chi connectivity index (χ1) is 13.6. The summed E-state index contributed by atoms with van der Waals surface area (Å²) < 4.78 is 0. The van der Waals surface area contributed by atoms with Gasteiger partial charge in [-0.3, -0.25) is 9.59 Å². The van der Waals surface area contributed by atoms with E-state index in [9.17, 15) is 9.59 Å². The molecule has 4 rings (SSSR count). The molecule has 2 aromatic carbocycles. The van der Waals surface area contributed by atoms with Gasteiger partial charge in [0.05, 0.1) is 5.92 Å². The predicted octanol–water partition coefficient (Wildman–Crippen LogP) is 3.58. The highest BCUT2D eigenvalue weighted by Crippen LogP contribution is 2.29. The standard InChI is InChI=1S/C24H28N2O2/c1-17-4-2-7-21(14-17)19-10-8-18(9-11-19)15-22-16-26(13-12-25-23(22)27)24(28)20-5-3-6-20/h2,4,7-11,14,20,22H,3,5-6,12-13,15-16H2,1H3,(H,25,27)/t22-/m0/s1. The van der Waals surface area contributed by atoms with Crippen molar-refractivity contribution in [3.05, 3.63) is 59.7 Å². The van der Waals surface area contributed by atoms with Gasteiger partial charge < -0.3 is 10.2 Å². The summed E-state index contributed by atoms with van der Waals surface area (Å²) in [5.41, 5.74) is 4.76. The van der Waals surface area contributed by atoms with E-state index in [0.717, 1.165) is 24.8 Å². The second-order valence-corrected chi connectivity index (χ2v) is 8.17. The molecular weight excluding hydrogens is 348 g/mol. The SMILES string of the molecule is Cc1cccc(-c2ccc(C[C@H]3CN(C(=O)C4CCC4)CCNC3=O)cc2)c1. The van der Waals surface area contributed by atoms with Gasteiger partial charge in [-0.2, -0.15) is 0 Å². The van der Waals surface area contributed by atoms with Gasteiger partial charge in [-0.25, -0.2) is 0 Å². The van der Waals surface area contributed by atoms with Gasteiger partial charge in [0.2, 0.25) is 11.8 Å². The number of amides is 2. The Balaban J connectivity index is 1.45. The van der Waals surface area contributed by atoms with Crippen LogP contribution in [0.1, 0.15) is 30.4 Å². The number of nitrogens with one attached hydrogen (secondary N) is 1. The van der Waals surface area contributed by atoms with Gasteiger partial charge in [-0.15, -0.1) is 0 Å². The first-order valence-electron chi connectivity index (χ1n) is 10.3. The van der Waals surface area contributed by atoms with Crippen LogP contribution in [0, 0.1) is 18.8 Å². The van der Waals surface area contributed by atoms with Crippen LogP contribution in [0.4, 0.5) is 0 Å². The maximum Gasteiger partial charge on any atom is 0.225 e. The van der Waals surface area contributed by atoms with Crippen molar-refractivity contribution in [1.29, 1.82) is 0 Å². The van der Waals surface area contributed by atoms with E-state index in [0.29, 0.717) is 26.1 Å². The Morgan fingerprint density at radius 1 is 1.11 bits per heavy atom. The van der Waals surface area contributed by atoms with Crippen molar-refractivity contribution in [2.75, 3.05) is 19.6 Å². The fraction of sp³-hybridized carbons (Fsp3) is 0.417. The Morgan fingerprint density at radius 2 is 1.89 bits per heavy atom. The third-order valence-electron chi connectivity index (χ3n) is 6.05. The lowest BCUT2D eigenvalue weighted by atomic mass is 9.84. The molecule has 2 aliphatic rings. The number of carbonyl (C=O) groups excluding carboxylic acids is 2. The molecule has 146 valence electrons. The van der Waals surface area contributed by atoms with E-state index in [1.165, 1.54) is 16.7 Å². The Hall–Kier alpha value is -2.62. The molecule has 1 saturated carbocycles. The van der Waals surface area contributed by atoms with Crippen LogP contribution in [-0.2, 0) is 16.0 Å². The first-order valence-corrected chi connectivity index (χ1v) is 10.3. The quantitative estimate of drug-likeness (QED) is 0.887. The van der Waals surface area contributed by atoms with Gasteiger partial charge >= 0.3 is 0 Å². The normalized spacial score (nSPS) is 20.2. The number of aryl methyl sites for hydroxylation is 1. The summed E-state index contributed by atoms with van der Waals surface area (Å²) in [6.45, 7) is 3.81. The first kappa shape index (κ1) is 18.7. The molecule has 0 radical (unpaired) electrons. The van der Waals surface area contributed by atoms with E-state index in [4.69, 9.17) is 0 Å². The number of hydrogen-bond acceptors (Lipinski definition) is 2. The number of rotatable bonds is 4. The van der Waals surface area contributed by atoms with Gasteiger partial charge in [-0.05, 0) is 42.9 Å². The highest BCUT2D eigenvalue weighted by molar-refractivity contribution is 5.83. The average molecular weight is 377 g/mol. The number of hydrogen-bond donors (Lipinski definition) is 1. The summed E-state index contributed by atoms with van der Waals surface area (Å²) in [5.74, 6) is 0.299. The Kier molecular flexibility index (Phi) is 5.47. The summed E-state index contributed by atoms with van der Waals surface area (Å²) in [7, 11) is 0. The molecule has 1 N–H and O–H groups in total. The lowest BCUT2D eigenvalue weighted by molar-refractivity contribution is -0.138. The van der Waals surface area contributed by atoms with Gasteiger partial charge in [0, 0.05) is 25.6 Å². The molecule has 2 fully saturated rings. The minimum absolute atomic E-state index is 0.0617. The van der Waals surface area contributed by atoms with Crippen molar-refractivity contribution < 1.29 is 9.59 Å². The molecular formula is C24H28N2O2. The molecule has 0 spiro atoms. The fourth-order valence-corrected chi connectivity index (χ4v) is 4.11. The molecule has 1 aliphatic heterocycles. The second-order valence-electron chi connectivity index (χ2n) is 8.17. The van der Waals surface area contributed by atoms with E-state index in [1.807, 2.05) is 4.90 Å². The smallest absolute Gasteiger partial charge is 0.225 e. The van der Waals surface area contributed by atoms with Crippen LogP contribution in [0.25, 0.3) is 11.1 Å². The molecule has 2 aromatic rings. The van der Waals surface area contributed by atoms with Crippen molar-refractivity contribution in [3.63, 3.8) is 0 Å². The number of nitrogens with zero attached hydrogens (tertiary/aromatic N) is 1. The van der Waals surface area contributed by atoms with Crippen LogP contribution in [0.5, 0.6) is 0 Å². The Morgan fingerprint density at radius 3 is 2.57 bits per heavy atom. The fourth-order valence-electron chi connectivity index (χ4n) is 4.11. The Bertz CT molecular complexity index is 855. The zero-order chi connectivity index (χ0) is 19.5. The summed E-state index contributed by atoms with van der Waals surface area (Å²) in [4.78, 5) is 27.1. The van der Waals surface area contributed by atoms with E-state index in [2.05, 4.69) is 60.8 Å². The Labute approximate surface area is 166 Å². The monoisotopic (exact) mass is 376 g/mol. The van der Waals surface area contributed by atoms with Gasteiger partial charge in [-0.1, -0.05) is 60.5 Å². The van der Waals surface area contributed by atoms with Crippen LogP contribution >= 0.6 is 0 Å². The van der Waals surface area contributed by atoms with Crippen molar-refractivity contribution >= 4 is 11.8 Å². The molecule has 1 saturated heterocycles. The summed E-state index contributed by atoms with van der Waals surface area (Å²) >= 11 is 0. The van der Waals surface area contributed by atoms with Crippen LogP contribution in [0.2, 0.25) is 0 Å². The number of benzene rings is 2. The summed E-state index contributed by atoms with van der Waals surface area (Å²) in [6, 6.07) is 16.9. The molecule has 4 heteroatoms. The van der Waals surface area contributed by atoms with Crippen LogP contribution in [0.15, 0.2) is 48.5 Å². The lowest BCUT2D eigenvalue weighted by Gasteiger charge is -2.31. The summed E-state index contributed by atoms with van der Waals surface area (Å²) in [5, 5.41) is 2.99. The van der Waals surface area contributed by atoms with Crippen molar-refractivity contribution in [2.24, 2.45) is 11.8 Å². The summed E-state index contributed by atoms with van der Waals surface area (Å²) in [6.07, 6.45) is 3.82. The van der Waals surface area contributed by atoms with E-state index in [-0.39, 0.29) is 23.7 Å². The topological polar surface area (TPSA) is 49.4 Å². The minimum atomic E-state index is -0.184. The molecule has 2 amide bonds. The number of carbonyl (C=O) groups is 2. The molecule has 0 aromatic heterocycles.